The predicted octanol–water partition coefficient (Wildman–Crippen LogP) is 4.69. The summed E-state index contributed by atoms with van der Waals surface area (Å²) in [6.07, 6.45) is -3.60. The van der Waals surface area contributed by atoms with E-state index in [1.54, 1.807) is 6.07 Å². The summed E-state index contributed by atoms with van der Waals surface area (Å²) in [7, 11) is 0. The molecule has 0 fully saturated rings. The van der Waals surface area contributed by atoms with E-state index < -0.39 is 11.7 Å². The van der Waals surface area contributed by atoms with Gasteiger partial charge in [-0.2, -0.15) is 13.2 Å². The third-order valence-electron chi connectivity index (χ3n) is 3.13. The maximum Gasteiger partial charge on any atom is 0.417 e. The first kappa shape index (κ1) is 15.9. The smallest absolute Gasteiger partial charge is 0.312 e. The summed E-state index contributed by atoms with van der Waals surface area (Å²) in [6, 6.07) is 13.9. The Labute approximate surface area is 126 Å². The summed E-state index contributed by atoms with van der Waals surface area (Å²) in [5, 5.41) is 2.89. The highest BCUT2D eigenvalue weighted by Gasteiger charge is 2.33. The van der Waals surface area contributed by atoms with Gasteiger partial charge in [-0.3, -0.25) is 0 Å². The number of hydrogen-bond acceptors (Lipinski definition) is 1. The first-order valence-electron chi connectivity index (χ1n) is 6.57. The maximum atomic E-state index is 12.7. The molecule has 0 saturated heterocycles. The van der Waals surface area contributed by atoms with Crippen LogP contribution in [0.5, 0.6) is 0 Å². The van der Waals surface area contributed by atoms with Gasteiger partial charge in [0.1, 0.15) is 0 Å². The van der Waals surface area contributed by atoms with E-state index in [2.05, 4.69) is 5.32 Å². The fourth-order valence-electron chi connectivity index (χ4n) is 2.04. The van der Waals surface area contributed by atoms with E-state index in [9.17, 15) is 13.2 Å². The molecule has 2 rings (SSSR count). The summed E-state index contributed by atoms with van der Waals surface area (Å²) in [5.74, 6) is 0. The highest BCUT2D eigenvalue weighted by molar-refractivity contribution is 6.32. The number of nitrogens with one attached hydrogen (secondary N) is 1. The molecular formula is C16H15ClF3N. The molecule has 0 aromatic heterocycles. The molecule has 0 heterocycles. The topological polar surface area (TPSA) is 12.0 Å². The van der Waals surface area contributed by atoms with Crippen LogP contribution in [-0.4, -0.2) is 6.54 Å². The van der Waals surface area contributed by atoms with E-state index in [-0.39, 0.29) is 5.02 Å². The molecule has 1 nitrogen and oxygen atoms in total. The Hall–Kier alpha value is -1.52. The predicted molar refractivity (Wildman–Crippen MR) is 78.3 cm³/mol. The molecule has 2 aromatic rings. The monoisotopic (exact) mass is 313 g/mol. The van der Waals surface area contributed by atoms with Gasteiger partial charge in [-0.05, 0) is 30.2 Å². The van der Waals surface area contributed by atoms with Crippen LogP contribution in [0, 0.1) is 0 Å². The molecule has 0 spiro atoms. The maximum absolute atomic E-state index is 12.7. The lowest BCUT2D eigenvalue weighted by Gasteiger charge is -2.13. The van der Waals surface area contributed by atoms with E-state index in [1.807, 2.05) is 30.3 Å². The second-order valence-electron chi connectivity index (χ2n) is 4.69. The van der Waals surface area contributed by atoms with Gasteiger partial charge < -0.3 is 5.32 Å². The van der Waals surface area contributed by atoms with Crippen LogP contribution < -0.4 is 5.32 Å². The Morgan fingerprint density at radius 1 is 0.952 bits per heavy atom. The van der Waals surface area contributed by atoms with Crippen molar-refractivity contribution in [2.75, 3.05) is 6.54 Å². The van der Waals surface area contributed by atoms with Crippen molar-refractivity contribution >= 4 is 11.6 Å². The average Bonchev–Trinajstić information content (AvgIpc) is 2.45. The van der Waals surface area contributed by atoms with Crippen LogP contribution in [0.1, 0.15) is 16.7 Å². The van der Waals surface area contributed by atoms with Crippen molar-refractivity contribution in [3.8, 4) is 0 Å². The molecule has 1 N–H and O–H groups in total. The van der Waals surface area contributed by atoms with Gasteiger partial charge in [-0.25, -0.2) is 0 Å². The Kier molecular flexibility index (Phi) is 5.26. The quantitative estimate of drug-likeness (QED) is 0.790. The van der Waals surface area contributed by atoms with Crippen molar-refractivity contribution in [1.82, 2.24) is 5.32 Å². The Morgan fingerprint density at radius 2 is 1.67 bits per heavy atom. The molecule has 21 heavy (non-hydrogen) atoms. The van der Waals surface area contributed by atoms with Crippen LogP contribution in [0.2, 0.25) is 5.02 Å². The van der Waals surface area contributed by atoms with Crippen LogP contribution in [-0.2, 0) is 19.1 Å². The molecule has 0 atom stereocenters. The molecular weight excluding hydrogens is 299 g/mol. The van der Waals surface area contributed by atoms with Crippen molar-refractivity contribution < 1.29 is 13.2 Å². The van der Waals surface area contributed by atoms with Gasteiger partial charge in [0.15, 0.2) is 0 Å². The van der Waals surface area contributed by atoms with E-state index in [0.29, 0.717) is 18.7 Å². The average molecular weight is 314 g/mol. The van der Waals surface area contributed by atoms with E-state index in [1.165, 1.54) is 11.6 Å². The van der Waals surface area contributed by atoms with E-state index in [4.69, 9.17) is 11.6 Å². The molecule has 0 radical (unpaired) electrons. The second-order valence-corrected chi connectivity index (χ2v) is 5.07. The lowest BCUT2D eigenvalue weighted by Crippen LogP contribution is -2.17. The molecule has 0 bridgehead atoms. The first-order chi connectivity index (χ1) is 9.98. The molecule has 0 saturated carbocycles. The fourth-order valence-corrected chi connectivity index (χ4v) is 2.34. The Morgan fingerprint density at radius 3 is 2.33 bits per heavy atom. The van der Waals surface area contributed by atoms with E-state index in [0.717, 1.165) is 12.5 Å². The van der Waals surface area contributed by atoms with Crippen LogP contribution in [0.15, 0.2) is 48.5 Å². The number of hydrogen-bond donors (Lipinski definition) is 1. The van der Waals surface area contributed by atoms with Gasteiger partial charge in [0.25, 0.3) is 0 Å². The summed E-state index contributed by atoms with van der Waals surface area (Å²) in [6.45, 7) is 0.992. The highest BCUT2D eigenvalue weighted by atomic mass is 35.5. The van der Waals surface area contributed by atoms with Crippen LogP contribution in [0.25, 0.3) is 0 Å². The third kappa shape index (κ3) is 4.48. The lowest BCUT2D eigenvalue weighted by atomic mass is 10.1. The standard InChI is InChI=1S/C16H15ClF3N/c17-15-13(7-4-8-14(15)16(18,19)20)11-21-10-9-12-5-2-1-3-6-12/h1-8,21H,9-11H2. The summed E-state index contributed by atoms with van der Waals surface area (Å²) in [5.41, 5.74) is 0.853. The third-order valence-corrected chi connectivity index (χ3v) is 3.58. The van der Waals surface area contributed by atoms with Crippen molar-refractivity contribution in [1.29, 1.82) is 0 Å². The van der Waals surface area contributed by atoms with Gasteiger partial charge in [0.05, 0.1) is 10.6 Å². The van der Waals surface area contributed by atoms with Crippen LogP contribution >= 0.6 is 11.6 Å². The summed E-state index contributed by atoms with van der Waals surface area (Å²) >= 11 is 5.83. The SMILES string of the molecule is FC(F)(F)c1cccc(CNCCc2ccccc2)c1Cl. The largest absolute Gasteiger partial charge is 0.417 e. The minimum atomic E-state index is -4.42. The summed E-state index contributed by atoms with van der Waals surface area (Å²) in [4.78, 5) is 0. The minimum Gasteiger partial charge on any atom is -0.312 e. The molecule has 0 aliphatic carbocycles. The van der Waals surface area contributed by atoms with Gasteiger partial charge in [0.2, 0.25) is 0 Å². The number of halogens is 4. The zero-order valence-electron chi connectivity index (χ0n) is 11.3. The van der Waals surface area contributed by atoms with Gasteiger partial charge in [-0.1, -0.05) is 54.1 Å². The zero-order chi connectivity index (χ0) is 15.3. The highest BCUT2D eigenvalue weighted by Crippen LogP contribution is 2.36. The van der Waals surface area contributed by atoms with Gasteiger partial charge >= 0.3 is 6.18 Å². The van der Waals surface area contributed by atoms with Crippen molar-refractivity contribution in [3.05, 3.63) is 70.2 Å². The minimum absolute atomic E-state index is 0.225. The normalized spacial score (nSPS) is 11.6. The summed E-state index contributed by atoms with van der Waals surface area (Å²) < 4.78 is 38.2. The molecule has 5 heteroatoms. The number of rotatable bonds is 5. The number of benzene rings is 2. The molecule has 0 aliphatic heterocycles. The van der Waals surface area contributed by atoms with Gasteiger partial charge in [0, 0.05) is 6.54 Å². The van der Waals surface area contributed by atoms with Crippen molar-refractivity contribution in [2.24, 2.45) is 0 Å². The fraction of sp³-hybridized carbons (Fsp3) is 0.250. The molecule has 0 aliphatic rings. The molecule has 0 unspecified atom stereocenters. The van der Waals surface area contributed by atoms with Crippen LogP contribution in [0.4, 0.5) is 13.2 Å². The van der Waals surface area contributed by atoms with E-state index >= 15 is 0 Å². The Bertz CT molecular complexity index is 582. The molecule has 0 amide bonds. The Balaban J connectivity index is 1.92. The van der Waals surface area contributed by atoms with Crippen molar-refractivity contribution in [2.45, 2.75) is 19.1 Å². The molecule has 112 valence electrons. The van der Waals surface area contributed by atoms with Crippen LogP contribution in [0.3, 0.4) is 0 Å². The number of alkyl halides is 3. The van der Waals surface area contributed by atoms with Crippen molar-refractivity contribution in [3.63, 3.8) is 0 Å². The lowest BCUT2D eigenvalue weighted by molar-refractivity contribution is -0.137. The zero-order valence-corrected chi connectivity index (χ0v) is 12.0. The second kappa shape index (κ2) is 6.96. The van der Waals surface area contributed by atoms with Gasteiger partial charge in [-0.15, -0.1) is 0 Å². The molecule has 2 aromatic carbocycles. The first-order valence-corrected chi connectivity index (χ1v) is 6.95.